The Morgan fingerprint density at radius 3 is 3.08 bits per heavy atom. The molecule has 2 unspecified atom stereocenters. The third-order valence-electron chi connectivity index (χ3n) is 2.25. The molecule has 2 heterocycles. The van der Waals surface area contributed by atoms with Crippen LogP contribution in [0.3, 0.4) is 0 Å². The lowest BCUT2D eigenvalue weighted by molar-refractivity contribution is 0.725. The lowest BCUT2D eigenvalue weighted by atomic mass is 10.2. The maximum atomic E-state index is 3.56. The zero-order valence-electron chi connectivity index (χ0n) is 7.12. The minimum Gasteiger partial charge on any atom is -0.381 e. The molecule has 0 aromatic carbocycles. The van der Waals surface area contributed by atoms with E-state index in [1.807, 2.05) is 0 Å². The van der Waals surface area contributed by atoms with Crippen LogP contribution in [0.15, 0.2) is 16.8 Å². The minimum atomic E-state index is 0.685. The van der Waals surface area contributed by atoms with Crippen LogP contribution in [0, 0.1) is 0 Å². The van der Waals surface area contributed by atoms with Crippen LogP contribution in [0.5, 0.6) is 0 Å². The Bertz CT molecular complexity index is 233. The molecule has 2 rings (SSSR count). The van der Waals surface area contributed by atoms with E-state index in [0.29, 0.717) is 6.04 Å². The van der Waals surface area contributed by atoms with Gasteiger partial charge in [-0.25, -0.2) is 0 Å². The highest BCUT2D eigenvalue weighted by Gasteiger charge is 2.23. The van der Waals surface area contributed by atoms with Gasteiger partial charge in [-0.15, -0.1) is 0 Å². The van der Waals surface area contributed by atoms with E-state index in [1.54, 1.807) is 11.3 Å². The minimum absolute atomic E-state index is 0.685. The van der Waals surface area contributed by atoms with Gasteiger partial charge >= 0.3 is 0 Å². The van der Waals surface area contributed by atoms with Gasteiger partial charge in [-0.3, -0.25) is 0 Å². The number of thioether (sulfide) groups is 1. The van der Waals surface area contributed by atoms with Gasteiger partial charge in [0.05, 0.1) is 0 Å². The van der Waals surface area contributed by atoms with Crippen molar-refractivity contribution >= 4 is 28.8 Å². The highest BCUT2D eigenvalue weighted by atomic mass is 32.2. The third kappa shape index (κ3) is 1.77. The molecule has 0 amide bonds. The Balaban J connectivity index is 1.95. The summed E-state index contributed by atoms with van der Waals surface area (Å²) in [5.41, 5.74) is 1.29. The number of rotatable bonds is 2. The van der Waals surface area contributed by atoms with Gasteiger partial charge in [0.25, 0.3) is 0 Å². The molecule has 0 aliphatic carbocycles. The normalized spacial score (nSPS) is 29.1. The largest absolute Gasteiger partial charge is 0.381 e. The van der Waals surface area contributed by atoms with Gasteiger partial charge < -0.3 is 5.32 Å². The van der Waals surface area contributed by atoms with Crippen molar-refractivity contribution in [1.82, 2.24) is 0 Å². The fraction of sp³-hybridized carbons (Fsp3) is 0.556. The molecule has 1 aliphatic heterocycles. The molecule has 1 aliphatic rings. The van der Waals surface area contributed by atoms with Crippen molar-refractivity contribution in [1.29, 1.82) is 0 Å². The second-order valence-corrected chi connectivity index (χ2v) is 5.39. The van der Waals surface area contributed by atoms with Crippen molar-refractivity contribution < 1.29 is 0 Å². The summed E-state index contributed by atoms with van der Waals surface area (Å²) in [6.07, 6.45) is 1.31. The van der Waals surface area contributed by atoms with E-state index in [1.165, 1.54) is 17.9 Å². The van der Waals surface area contributed by atoms with Gasteiger partial charge in [-0.05, 0) is 23.6 Å². The van der Waals surface area contributed by atoms with Crippen molar-refractivity contribution in [2.45, 2.75) is 24.6 Å². The Kier molecular flexibility index (Phi) is 2.61. The zero-order chi connectivity index (χ0) is 8.39. The van der Waals surface area contributed by atoms with Crippen molar-refractivity contribution in [2.24, 2.45) is 0 Å². The Morgan fingerprint density at radius 1 is 1.58 bits per heavy atom. The van der Waals surface area contributed by atoms with Crippen LogP contribution in [-0.4, -0.2) is 17.0 Å². The molecule has 66 valence electrons. The molecule has 3 heteroatoms. The zero-order valence-corrected chi connectivity index (χ0v) is 8.75. The van der Waals surface area contributed by atoms with Crippen LogP contribution in [-0.2, 0) is 0 Å². The van der Waals surface area contributed by atoms with Crippen LogP contribution < -0.4 is 5.32 Å². The molecular formula is C9H13NS2. The highest BCUT2D eigenvalue weighted by molar-refractivity contribution is 8.00. The molecule has 1 aromatic heterocycles. The molecular weight excluding hydrogens is 186 g/mol. The first-order valence-electron chi connectivity index (χ1n) is 4.26. The van der Waals surface area contributed by atoms with Gasteiger partial charge in [-0.2, -0.15) is 23.1 Å². The van der Waals surface area contributed by atoms with Crippen LogP contribution in [0.25, 0.3) is 0 Å². The first-order chi connectivity index (χ1) is 5.86. The first kappa shape index (κ1) is 8.45. The summed E-state index contributed by atoms with van der Waals surface area (Å²) in [4.78, 5) is 0. The van der Waals surface area contributed by atoms with E-state index < -0.39 is 0 Å². The quantitative estimate of drug-likeness (QED) is 0.785. The fourth-order valence-corrected chi connectivity index (χ4v) is 3.28. The van der Waals surface area contributed by atoms with Gasteiger partial charge in [0.1, 0.15) is 0 Å². The van der Waals surface area contributed by atoms with Crippen molar-refractivity contribution in [3.05, 3.63) is 16.8 Å². The lowest BCUT2D eigenvalue weighted by Crippen LogP contribution is -2.24. The topological polar surface area (TPSA) is 12.0 Å². The summed E-state index contributed by atoms with van der Waals surface area (Å²) < 4.78 is 0. The summed E-state index contributed by atoms with van der Waals surface area (Å²) >= 11 is 3.82. The average Bonchev–Trinajstić information content (AvgIpc) is 2.65. The molecule has 0 saturated carbocycles. The average molecular weight is 199 g/mol. The fourth-order valence-electron chi connectivity index (χ4n) is 1.48. The van der Waals surface area contributed by atoms with Gasteiger partial charge in [0.15, 0.2) is 0 Å². The second-order valence-electron chi connectivity index (χ2n) is 3.13. The number of nitrogens with one attached hydrogen (secondary N) is 1. The predicted octanol–water partition coefficient (Wildman–Crippen LogP) is 3.05. The summed E-state index contributed by atoms with van der Waals surface area (Å²) in [5, 5.41) is 8.63. The van der Waals surface area contributed by atoms with Crippen LogP contribution >= 0.6 is 23.1 Å². The second kappa shape index (κ2) is 3.71. The standard InChI is InChI=1S/C9H13NS2/c1-7-9(3-5-12-7)10-8-2-4-11-6-8/h2,4,6-7,9-10H,3,5H2,1H3. The maximum absolute atomic E-state index is 3.56. The van der Waals surface area contributed by atoms with E-state index in [0.717, 1.165) is 5.25 Å². The first-order valence-corrected chi connectivity index (χ1v) is 6.26. The molecule has 12 heavy (non-hydrogen) atoms. The number of anilines is 1. The van der Waals surface area contributed by atoms with Crippen LogP contribution in [0.4, 0.5) is 5.69 Å². The molecule has 1 N–H and O–H groups in total. The van der Waals surface area contributed by atoms with Crippen molar-refractivity contribution in [3.63, 3.8) is 0 Å². The number of hydrogen-bond acceptors (Lipinski definition) is 3. The van der Waals surface area contributed by atoms with E-state index in [9.17, 15) is 0 Å². The summed E-state index contributed by atoms with van der Waals surface area (Å²) in [5.74, 6) is 1.31. The van der Waals surface area contributed by atoms with Crippen LogP contribution in [0.1, 0.15) is 13.3 Å². The highest BCUT2D eigenvalue weighted by Crippen LogP contribution is 2.29. The molecule has 1 saturated heterocycles. The molecule has 0 bridgehead atoms. The Hall–Kier alpha value is -0.150. The summed E-state index contributed by atoms with van der Waals surface area (Å²) in [6, 6.07) is 2.84. The number of hydrogen-bond donors (Lipinski definition) is 1. The smallest absolute Gasteiger partial charge is 0.0451 e. The van der Waals surface area contributed by atoms with Gasteiger partial charge in [0.2, 0.25) is 0 Å². The summed E-state index contributed by atoms with van der Waals surface area (Å²) in [6.45, 7) is 2.31. The Labute approximate surface area is 81.6 Å². The lowest BCUT2D eigenvalue weighted by Gasteiger charge is -2.16. The molecule has 1 fully saturated rings. The molecule has 2 atom stereocenters. The molecule has 0 radical (unpaired) electrons. The summed E-state index contributed by atoms with van der Waals surface area (Å²) in [7, 11) is 0. The maximum Gasteiger partial charge on any atom is 0.0451 e. The molecule has 1 nitrogen and oxygen atoms in total. The van der Waals surface area contributed by atoms with Crippen molar-refractivity contribution in [2.75, 3.05) is 11.1 Å². The van der Waals surface area contributed by atoms with Crippen LogP contribution in [0.2, 0.25) is 0 Å². The Morgan fingerprint density at radius 2 is 2.50 bits per heavy atom. The van der Waals surface area contributed by atoms with Crippen molar-refractivity contribution in [3.8, 4) is 0 Å². The van der Waals surface area contributed by atoms with Gasteiger partial charge in [-0.1, -0.05) is 6.92 Å². The van der Waals surface area contributed by atoms with E-state index in [-0.39, 0.29) is 0 Å². The predicted molar refractivity (Wildman–Crippen MR) is 58.3 cm³/mol. The van der Waals surface area contributed by atoms with Gasteiger partial charge in [0, 0.05) is 22.4 Å². The third-order valence-corrected chi connectivity index (χ3v) is 4.26. The monoisotopic (exact) mass is 199 g/mol. The van der Waals surface area contributed by atoms with E-state index in [4.69, 9.17) is 0 Å². The molecule has 0 spiro atoms. The SMILES string of the molecule is CC1SCCC1Nc1ccsc1. The molecule has 1 aromatic rings. The van der Waals surface area contributed by atoms with E-state index >= 15 is 0 Å². The number of thiophene rings is 1. The van der Waals surface area contributed by atoms with E-state index in [2.05, 4.69) is 40.8 Å².